The Morgan fingerprint density at radius 3 is 1.89 bits per heavy atom. The van der Waals surface area contributed by atoms with Crippen LogP contribution in [0.4, 0.5) is 0 Å². The molecule has 0 aromatic heterocycles. The van der Waals surface area contributed by atoms with Gasteiger partial charge in [0.25, 0.3) is 0 Å². The van der Waals surface area contributed by atoms with E-state index < -0.39 is 0 Å². The molecule has 108 valence electrons. The molecule has 1 aliphatic rings. The quantitative estimate of drug-likeness (QED) is 0.559. The number of hydrogen-bond donors (Lipinski definition) is 0. The SMILES string of the molecule is CCCCN1CCN(CCCCCCOC)CC1. The molecule has 3 heteroatoms. The van der Waals surface area contributed by atoms with E-state index in [9.17, 15) is 0 Å². The number of piperazine rings is 1. The van der Waals surface area contributed by atoms with Gasteiger partial charge in [-0.1, -0.05) is 26.2 Å². The molecule has 1 heterocycles. The molecule has 1 fully saturated rings. The van der Waals surface area contributed by atoms with E-state index in [4.69, 9.17) is 4.74 Å². The lowest BCUT2D eigenvalue weighted by atomic mass is 10.2. The van der Waals surface area contributed by atoms with Crippen LogP contribution >= 0.6 is 0 Å². The molecule has 0 unspecified atom stereocenters. The Morgan fingerprint density at radius 2 is 1.33 bits per heavy atom. The third-order valence-corrected chi connectivity index (χ3v) is 3.87. The molecular formula is C15H32N2O. The van der Waals surface area contributed by atoms with Crippen LogP contribution in [0.5, 0.6) is 0 Å². The van der Waals surface area contributed by atoms with Gasteiger partial charge in [-0.05, 0) is 32.4 Å². The number of hydrogen-bond acceptors (Lipinski definition) is 3. The highest BCUT2D eigenvalue weighted by molar-refractivity contribution is 4.71. The van der Waals surface area contributed by atoms with Crippen LogP contribution in [0.15, 0.2) is 0 Å². The molecule has 1 aliphatic heterocycles. The smallest absolute Gasteiger partial charge is 0.0462 e. The Labute approximate surface area is 113 Å². The van der Waals surface area contributed by atoms with Crippen molar-refractivity contribution in [1.82, 2.24) is 9.80 Å². The van der Waals surface area contributed by atoms with Crippen LogP contribution in [0.1, 0.15) is 45.4 Å². The van der Waals surface area contributed by atoms with Crippen LogP contribution in [0.2, 0.25) is 0 Å². The van der Waals surface area contributed by atoms with E-state index in [2.05, 4.69) is 16.7 Å². The molecule has 0 aliphatic carbocycles. The zero-order valence-corrected chi connectivity index (χ0v) is 12.5. The van der Waals surface area contributed by atoms with Gasteiger partial charge in [0.15, 0.2) is 0 Å². The summed E-state index contributed by atoms with van der Waals surface area (Å²) in [5, 5.41) is 0. The van der Waals surface area contributed by atoms with E-state index >= 15 is 0 Å². The summed E-state index contributed by atoms with van der Waals surface area (Å²) in [4.78, 5) is 5.26. The molecule has 0 aromatic carbocycles. The topological polar surface area (TPSA) is 15.7 Å². The largest absolute Gasteiger partial charge is 0.385 e. The minimum absolute atomic E-state index is 0.927. The molecule has 0 bridgehead atoms. The molecule has 0 aromatic rings. The first kappa shape index (κ1) is 15.9. The van der Waals surface area contributed by atoms with Crippen molar-refractivity contribution in [3.05, 3.63) is 0 Å². The van der Waals surface area contributed by atoms with E-state index in [0.717, 1.165) is 6.61 Å². The molecular weight excluding hydrogens is 224 g/mol. The van der Waals surface area contributed by atoms with E-state index in [0.29, 0.717) is 0 Å². The predicted molar refractivity (Wildman–Crippen MR) is 78.1 cm³/mol. The molecule has 3 nitrogen and oxygen atoms in total. The van der Waals surface area contributed by atoms with Gasteiger partial charge in [0.1, 0.15) is 0 Å². The Bertz CT molecular complexity index is 179. The van der Waals surface area contributed by atoms with Gasteiger partial charge in [-0.3, -0.25) is 0 Å². The lowest BCUT2D eigenvalue weighted by Gasteiger charge is -2.34. The van der Waals surface area contributed by atoms with Crippen LogP contribution in [0.25, 0.3) is 0 Å². The third-order valence-electron chi connectivity index (χ3n) is 3.87. The summed E-state index contributed by atoms with van der Waals surface area (Å²) in [6.45, 7) is 10.9. The maximum Gasteiger partial charge on any atom is 0.0462 e. The van der Waals surface area contributed by atoms with Crippen molar-refractivity contribution in [3.63, 3.8) is 0 Å². The Balaban J connectivity index is 1.92. The average molecular weight is 256 g/mol. The zero-order chi connectivity index (χ0) is 13.1. The number of nitrogens with zero attached hydrogens (tertiary/aromatic N) is 2. The molecule has 0 saturated carbocycles. The van der Waals surface area contributed by atoms with Gasteiger partial charge >= 0.3 is 0 Å². The van der Waals surface area contributed by atoms with Crippen LogP contribution < -0.4 is 0 Å². The van der Waals surface area contributed by atoms with E-state index in [1.807, 2.05) is 0 Å². The summed E-state index contributed by atoms with van der Waals surface area (Å²) in [7, 11) is 1.79. The molecule has 1 rings (SSSR count). The van der Waals surface area contributed by atoms with Crippen molar-refractivity contribution < 1.29 is 4.74 Å². The number of methoxy groups -OCH3 is 1. The summed E-state index contributed by atoms with van der Waals surface area (Å²) in [6, 6.07) is 0. The maximum atomic E-state index is 5.07. The van der Waals surface area contributed by atoms with Gasteiger partial charge in [-0.2, -0.15) is 0 Å². The van der Waals surface area contributed by atoms with Crippen LogP contribution in [-0.4, -0.2) is 62.8 Å². The second-order valence-corrected chi connectivity index (χ2v) is 5.44. The monoisotopic (exact) mass is 256 g/mol. The second-order valence-electron chi connectivity index (χ2n) is 5.44. The van der Waals surface area contributed by atoms with E-state index in [1.165, 1.54) is 77.8 Å². The van der Waals surface area contributed by atoms with Gasteiger partial charge < -0.3 is 14.5 Å². The molecule has 1 saturated heterocycles. The number of rotatable bonds is 10. The van der Waals surface area contributed by atoms with Gasteiger partial charge in [0.05, 0.1) is 0 Å². The van der Waals surface area contributed by atoms with Gasteiger partial charge in [0.2, 0.25) is 0 Å². The van der Waals surface area contributed by atoms with Crippen LogP contribution in [-0.2, 0) is 4.74 Å². The lowest BCUT2D eigenvalue weighted by molar-refractivity contribution is 0.129. The molecule has 0 amide bonds. The lowest BCUT2D eigenvalue weighted by Crippen LogP contribution is -2.46. The van der Waals surface area contributed by atoms with Gasteiger partial charge in [-0.25, -0.2) is 0 Å². The fraction of sp³-hybridized carbons (Fsp3) is 1.00. The summed E-state index contributed by atoms with van der Waals surface area (Å²) >= 11 is 0. The first-order valence-electron chi connectivity index (χ1n) is 7.80. The normalized spacial score (nSPS) is 18.3. The van der Waals surface area contributed by atoms with Crippen molar-refractivity contribution in [3.8, 4) is 0 Å². The minimum atomic E-state index is 0.927. The first-order chi connectivity index (χ1) is 8.86. The van der Waals surface area contributed by atoms with E-state index in [1.54, 1.807) is 7.11 Å². The molecule has 0 atom stereocenters. The fourth-order valence-corrected chi connectivity index (χ4v) is 2.55. The average Bonchev–Trinajstić information content (AvgIpc) is 2.42. The second kappa shape index (κ2) is 10.8. The predicted octanol–water partition coefficient (Wildman–Crippen LogP) is 2.61. The fourth-order valence-electron chi connectivity index (χ4n) is 2.55. The van der Waals surface area contributed by atoms with Gasteiger partial charge in [0, 0.05) is 39.9 Å². The summed E-state index contributed by atoms with van der Waals surface area (Å²) in [5.41, 5.74) is 0. The minimum Gasteiger partial charge on any atom is -0.385 e. The maximum absolute atomic E-state index is 5.07. The van der Waals surface area contributed by atoms with E-state index in [-0.39, 0.29) is 0 Å². The standard InChI is InChI=1S/C15H32N2O/c1-3-4-9-16-11-13-17(14-12-16)10-7-5-6-8-15-18-2/h3-15H2,1-2H3. The summed E-state index contributed by atoms with van der Waals surface area (Å²) in [5.74, 6) is 0. The van der Waals surface area contributed by atoms with Crippen molar-refractivity contribution >= 4 is 0 Å². The summed E-state index contributed by atoms with van der Waals surface area (Å²) < 4.78 is 5.07. The Kier molecular flexibility index (Phi) is 9.54. The van der Waals surface area contributed by atoms with Crippen molar-refractivity contribution in [1.29, 1.82) is 0 Å². The van der Waals surface area contributed by atoms with Gasteiger partial charge in [-0.15, -0.1) is 0 Å². The van der Waals surface area contributed by atoms with Crippen molar-refractivity contribution in [2.75, 3.05) is 53.0 Å². The number of ether oxygens (including phenoxy) is 1. The zero-order valence-electron chi connectivity index (χ0n) is 12.5. The number of unbranched alkanes of at least 4 members (excludes halogenated alkanes) is 4. The Hall–Kier alpha value is -0.120. The molecule has 0 spiro atoms. The molecule has 0 radical (unpaired) electrons. The molecule has 18 heavy (non-hydrogen) atoms. The Morgan fingerprint density at radius 1 is 0.778 bits per heavy atom. The van der Waals surface area contributed by atoms with Crippen molar-refractivity contribution in [2.24, 2.45) is 0 Å². The highest BCUT2D eigenvalue weighted by Crippen LogP contribution is 2.06. The highest BCUT2D eigenvalue weighted by Gasteiger charge is 2.15. The molecule has 0 N–H and O–H groups in total. The first-order valence-corrected chi connectivity index (χ1v) is 7.80. The highest BCUT2D eigenvalue weighted by atomic mass is 16.5. The summed E-state index contributed by atoms with van der Waals surface area (Å²) in [6.07, 6.45) is 7.95. The third kappa shape index (κ3) is 7.34. The van der Waals surface area contributed by atoms with Crippen LogP contribution in [0.3, 0.4) is 0 Å². The van der Waals surface area contributed by atoms with Crippen molar-refractivity contribution in [2.45, 2.75) is 45.4 Å². The van der Waals surface area contributed by atoms with Crippen LogP contribution in [0, 0.1) is 0 Å².